The van der Waals surface area contributed by atoms with Gasteiger partial charge in [0.2, 0.25) is 11.7 Å². The largest absolute Gasteiger partial charge is 0.301 e. The van der Waals surface area contributed by atoms with Crippen LogP contribution in [-0.4, -0.2) is 35.8 Å². The predicted molar refractivity (Wildman–Crippen MR) is 137 cm³/mol. The SMILES string of the molecule is CCCCn1c(=O)c2ccccc2n2c(SCC(=O)Nc3nc(-c4ccccc4)cs3)nnc12. The smallest absolute Gasteiger partial charge is 0.262 e. The summed E-state index contributed by atoms with van der Waals surface area (Å²) in [6.45, 7) is 2.65. The average molecular weight is 491 g/mol. The lowest BCUT2D eigenvalue weighted by atomic mass is 10.2. The van der Waals surface area contributed by atoms with Crippen LogP contribution >= 0.6 is 23.1 Å². The quantitative estimate of drug-likeness (QED) is 0.317. The number of hydrogen-bond donors (Lipinski definition) is 1. The maximum atomic E-state index is 13.0. The van der Waals surface area contributed by atoms with Crippen molar-refractivity contribution in [2.45, 2.75) is 31.5 Å². The zero-order valence-corrected chi connectivity index (χ0v) is 20.1. The van der Waals surface area contributed by atoms with Crippen molar-refractivity contribution in [1.29, 1.82) is 0 Å². The first-order chi connectivity index (χ1) is 16.7. The number of thioether (sulfide) groups is 1. The number of nitrogens with zero attached hydrogens (tertiary/aromatic N) is 5. The van der Waals surface area contributed by atoms with Crippen LogP contribution < -0.4 is 10.9 Å². The molecule has 3 heterocycles. The number of nitrogens with one attached hydrogen (secondary N) is 1. The summed E-state index contributed by atoms with van der Waals surface area (Å²) in [6.07, 6.45) is 1.83. The molecule has 0 aliphatic carbocycles. The Kier molecular flexibility index (Phi) is 6.41. The third-order valence-corrected chi connectivity index (χ3v) is 7.05. The predicted octanol–water partition coefficient (Wildman–Crippen LogP) is 4.70. The van der Waals surface area contributed by atoms with Crippen LogP contribution in [0.5, 0.6) is 0 Å². The minimum absolute atomic E-state index is 0.0729. The normalized spacial score (nSPS) is 11.3. The van der Waals surface area contributed by atoms with Gasteiger partial charge >= 0.3 is 0 Å². The number of aryl methyl sites for hydroxylation is 1. The van der Waals surface area contributed by atoms with E-state index in [4.69, 9.17) is 0 Å². The Morgan fingerprint density at radius 1 is 1.09 bits per heavy atom. The van der Waals surface area contributed by atoms with Crippen molar-refractivity contribution < 1.29 is 4.79 Å². The van der Waals surface area contributed by atoms with E-state index in [1.807, 2.05) is 64.4 Å². The second kappa shape index (κ2) is 9.78. The van der Waals surface area contributed by atoms with Gasteiger partial charge in [0.05, 0.1) is 22.3 Å². The lowest BCUT2D eigenvalue weighted by Gasteiger charge is -2.10. The van der Waals surface area contributed by atoms with Crippen LogP contribution in [0.4, 0.5) is 5.13 Å². The molecule has 8 nitrogen and oxygen atoms in total. The van der Waals surface area contributed by atoms with Crippen LogP contribution in [0, 0.1) is 0 Å². The molecule has 5 aromatic rings. The highest BCUT2D eigenvalue weighted by Gasteiger charge is 2.18. The number of carbonyl (C=O) groups is 1. The van der Waals surface area contributed by atoms with Gasteiger partial charge in [-0.3, -0.25) is 18.6 Å². The molecule has 0 fully saturated rings. The van der Waals surface area contributed by atoms with Crippen LogP contribution in [0.3, 0.4) is 0 Å². The Balaban J connectivity index is 1.37. The minimum Gasteiger partial charge on any atom is -0.301 e. The Morgan fingerprint density at radius 3 is 2.71 bits per heavy atom. The van der Waals surface area contributed by atoms with Crippen molar-refractivity contribution in [3.05, 3.63) is 70.3 Å². The van der Waals surface area contributed by atoms with E-state index in [9.17, 15) is 9.59 Å². The lowest BCUT2D eigenvalue weighted by molar-refractivity contribution is -0.113. The highest BCUT2D eigenvalue weighted by Crippen LogP contribution is 2.26. The summed E-state index contributed by atoms with van der Waals surface area (Å²) in [4.78, 5) is 30.2. The molecule has 0 saturated carbocycles. The third kappa shape index (κ3) is 4.34. The summed E-state index contributed by atoms with van der Waals surface area (Å²) in [5, 5.41) is 15.1. The Bertz CT molecular complexity index is 1520. The lowest BCUT2D eigenvalue weighted by Crippen LogP contribution is -2.23. The maximum Gasteiger partial charge on any atom is 0.262 e. The molecule has 3 aromatic heterocycles. The van der Waals surface area contributed by atoms with Crippen LogP contribution in [0.2, 0.25) is 0 Å². The summed E-state index contributed by atoms with van der Waals surface area (Å²) in [5.41, 5.74) is 2.49. The van der Waals surface area contributed by atoms with E-state index < -0.39 is 0 Å². The van der Waals surface area contributed by atoms with E-state index in [2.05, 4.69) is 27.4 Å². The molecular weight excluding hydrogens is 468 g/mol. The first-order valence-electron chi connectivity index (χ1n) is 11.0. The van der Waals surface area contributed by atoms with Gasteiger partial charge in [0.1, 0.15) is 0 Å². The summed E-state index contributed by atoms with van der Waals surface area (Å²) in [7, 11) is 0. The number of aromatic nitrogens is 5. The van der Waals surface area contributed by atoms with Crippen LogP contribution in [-0.2, 0) is 11.3 Å². The average Bonchev–Trinajstić information content (AvgIpc) is 3.51. The number of hydrogen-bond acceptors (Lipinski definition) is 7. The number of rotatable bonds is 8. The first kappa shape index (κ1) is 22.3. The van der Waals surface area contributed by atoms with E-state index in [0.29, 0.717) is 28.0 Å². The van der Waals surface area contributed by atoms with Crippen LogP contribution in [0.1, 0.15) is 19.8 Å². The molecule has 0 radical (unpaired) electrons. The van der Waals surface area contributed by atoms with Crippen molar-refractivity contribution in [3.8, 4) is 11.3 Å². The monoisotopic (exact) mass is 490 g/mol. The van der Waals surface area contributed by atoms with E-state index in [0.717, 1.165) is 29.6 Å². The molecule has 172 valence electrons. The summed E-state index contributed by atoms with van der Waals surface area (Å²) >= 11 is 2.67. The topological polar surface area (TPSA) is 94.2 Å². The number of anilines is 1. The Labute approximate surface area is 203 Å². The molecule has 1 N–H and O–H groups in total. The first-order valence-corrected chi connectivity index (χ1v) is 12.8. The number of carbonyl (C=O) groups excluding carboxylic acids is 1. The molecule has 10 heteroatoms. The molecule has 0 atom stereocenters. The van der Waals surface area contributed by atoms with Crippen molar-refractivity contribution >= 4 is 50.8 Å². The van der Waals surface area contributed by atoms with Gasteiger partial charge in [-0.15, -0.1) is 21.5 Å². The second-order valence-corrected chi connectivity index (χ2v) is 9.49. The van der Waals surface area contributed by atoms with Gasteiger partial charge in [0, 0.05) is 17.5 Å². The Hall–Kier alpha value is -3.50. The Morgan fingerprint density at radius 2 is 1.88 bits per heavy atom. The van der Waals surface area contributed by atoms with Crippen molar-refractivity contribution in [2.24, 2.45) is 0 Å². The fraction of sp³-hybridized carbons (Fsp3) is 0.208. The molecule has 0 aliphatic heterocycles. The number of amides is 1. The van der Waals surface area contributed by atoms with Gasteiger partial charge in [-0.05, 0) is 18.6 Å². The molecule has 0 aliphatic rings. The number of thiazole rings is 1. The van der Waals surface area contributed by atoms with Gasteiger partial charge in [0.15, 0.2) is 10.3 Å². The zero-order valence-electron chi connectivity index (χ0n) is 18.5. The second-order valence-electron chi connectivity index (χ2n) is 7.69. The van der Waals surface area contributed by atoms with E-state index in [-0.39, 0.29) is 17.2 Å². The molecule has 1 amide bonds. The summed E-state index contributed by atoms with van der Waals surface area (Å²) < 4.78 is 3.53. The van der Waals surface area contributed by atoms with E-state index >= 15 is 0 Å². The zero-order chi connectivity index (χ0) is 23.5. The molecule has 0 saturated heterocycles. The number of benzene rings is 2. The standard InChI is InChI=1S/C24H22N6O2S2/c1-2-3-13-29-21(32)17-11-7-8-12-19(17)30-23(29)27-28-24(30)34-15-20(31)26-22-25-18(14-33-22)16-9-5-4-6-10-16/h4-12,14H,2-3,13,15H2,1H3,(H,25,26,31). The van der Waals surface area contributed by atoms with Crippen molar-refractivity contribution in [2.75, 3.05) is 11.1 Å². The summed E-state index contributed by atoms with van der Waals surface area (Å²) in [6, 6.07) is 17.3. The van der Waals surface area contributed by atoms with Crippen LogP contribution in [0.25, 0.3) is 27.9 Å². The van der Waals surface area contributed by atoms with Crippen molar-refractivity contribution in [1.82, 2.24) is 24.1 Å². The molecule has 5 rings (SSSR count). The van der Waals surface area contributed by atoms with Gasteiger partial charge in [-0.25, -0.2) is 4.98 Å². The van der Waals surface area contributed by atoms with Crippen LogP contribution in [0.15, 0.2) is 69.9 Å². The molecule has 0 unspecified atom stereocenters. The van der Waals surface area contributed by atoms with Gasteiger partial charge in [-0.2, -0.15) is 0 Å². The molecule has 0 spiro atoms. The molecule has 0 bridgehead atoms. The fourth-order valence-electron chi connectivity index (χ4n) is 3.70. The molecular formula is C24H22N6O2S2. The highest BCUT2D eigenvalue weighted by molar-refractivity contribution is 7.99. The fourth-order valence-corrected chi connectivity index (χ4v) is 5.18. The van der Waals surface area contributed by atoms with Crippen molar-refractivity contribution in [3.63, 3.8) is 0 Å². The van der Waals surface area contributed by atoms with Gasteiger partial charge in [0.25, 0.3) is 5.56 Å². The maximum absolute atomic E-state index is 13.0. The number of para-hydroxylation sites is 1. The highest BCUT2D eigenvalue weighted by atomic mass is 32.2. The number of unbranched alkanes of at least 4 members (excludes halogenated alkanes) is 1. The number of fused-ring (bicyclic) bond motifs is 3. The molecule has 2 aromatic carbocycles. The van der Waals surface area contributed by atoms with E-state index in [1.54, 1.807) is 4.57 Å². The van der Waals surface area contributed by atoms with E-state index in [1.165, 1.54) is 23.1 Å². The van der Waals surface area contributed by atoms with Gasteiger partial charge < -0.3 is 5.32 Å². The summed E-state index contributed by atoms with van der Waals surface area (Å²) in [5.74, 6) is 0.454. The minimum atomic E-state index is -0.181. The van der Waals surface area contributed by atoms with Gasteiger partial charge in [-0.1, -0.05) is 67.6 Å². The molecule has 34 heavy (non-hydrogen) atoms. The third-order valence-electron chi connectivity index (χ3n) is 5.37.